The maximum Gasteiger partial charge on any atom is 0.387 e. The van der Waals surface area contributed by atoms with Gasteiger partial charge in [-0.05, 0) is 31.0 Å². The molecule has 5 heteroatoms. The molecular weight excluding hydrogens is 240 g/mol. The summed E-state index contributed by atoms with van der Waals surface area (Å²) < 4.78 is 33.9. The van der Waals surface area contributed by atoms with Crippen molar-refractivity contribution in [2.24, 2.45) is 0 Å². The van der Waals surface area contributed by atoms with E-state index in [9.17, 15) is 8.78 Å². The van der Waals surface area contributed by atoms with Gasteiger partial charge in [-0.1, -0.05) is 13.0 Å². The minimum absolute atomic E-state index is 0.0657. The van der Waals surface area contributed by atoms with Gasteiger partial charge in [0, 0.05) is 12.6 Å². The van der Waals surface area contributed by atoms with Crippen molar-refractivity contribution in [3.63, 3.8) is 0 Å². The highest BCUT2D eigenvalue weighted by Gasteiger charge is 2.11. The van der Waals surface area contributed by atoms with Crippen molar-refractivity contribution in [2.45, 2.75) is 39.5 Å². The van der Waals surface area contributed by atoms with Crippen LogP contribution in [-0.2, 0) is 6.54 Å². The monoisotopic (exact) mass is 259 g/mol. The van der Waals surface area contributed by atoms with Crippen molar-refractivity contribution in [1.82, 2.24) is 5.32 Å². The summed E-state index contributed by atoms with van der Waals surface area (Å²) in [4.78, 5) is 0. The highest BCUT2D eigenvalue weighted by atomic mass is 19.3. The van der Waals surface area contributed by atoms with Gasteiger partial charge in [-0.3, -0.25) is 0 Å². The molecule has 0 radical (unpaired) electrons. The smallest absolute Gasteiger partial charge is 0.387 e. The molecule has 0 fully saturated rings. The summed E-state index contributed by atoms with van der Waals surface area (Å²) in [6, 6.07) is 5.41. The third-order valence-electron chi connectivity index (χ3n) is 2.71. The summed E-state index contributed by atoms with van der Waals surface area (Å²) in [7, 11) is 1.42. The number of halogens is 2. The molecule has 1 rings (SSSR count). The molecule has 0 bridgehead atoms. The average molecular weight is 259 g/mol. The molecule has 3 nitrogen and oxygen atoms in total. The second-order valence-electron chi connectivity index (χ2n) is 4.05. The van der Waals surface area contributed by atoms with E-state index < -0.39 is 6.61 Å². The van der Waals surface area contributed by atoms with E-state index in [2.05, 4.69) is 23.9 Å². The van der Waals surface area contributed by atoms with Crippen LogP contribution < -0.4 is 14.8 Å². The van der Waals surface area contributed by atoms with Crippen LogP contribution in [0.2, 0.25) is 0 Å². The molecule has 1 aromatic carbocycles. The third kappa shape index (κ3) is 4.49. The van der Waals surface area contributed by atoms with E-state index in [1.54, 1.807) is 12.1 Å². The largest absolute Gasteiger partial charge is 0.493 e. The van der Waals surface area contributed by atoms with Crippen molar-refractivity contribution in [1.29, 1.82) is 0 Å². The lowest BCUT2D eigenvalue weighted by atomic mass is 10.2. The summed E-state index contributed by atoms with van der Waals surface area (Å²) in [6.07, 6.45) is 1.01. The highest BCUT2D eigenvalue weighted by Crippen LogP contribution is 2.29. The normalized spacial score (nSPS) is 12.6. The molecule has 1 unspecified atom stereocenters. The van der Waals surface area contributed by atoms with E-state index in [0.29, 0.717) is 18.3 Å². The number of nitrogens with one attached hydrogen (secondary N) is 1. The van der Waals surface area contributed by atoms with E-state index in [1.807, 2.05) is 6.07 Å². The van der Waals surface area contributed by atoms with Crippen LogP contribution in [0.15, 0.2) is 18.2 Å². The van der Waals surface area contributed by atoms with Crippen LogP contribution >= 0.6 is 0 Å². The third-order valence-corrected chi connectivity index (χ3v) is 2.71. The quantitative estimate of drug-likeness (QED) is 0.815. The molecule has 1 aromatic rings. The minimum atomic E-state index is -2.85. The van der Waals surface area contributed by atoms with Crippen molar-refractivity contribution >= 4 is 0 Å². The zero-order valence-corrected chi connectivity index (χ0v) is 10.9. The van der Waals surface area contributed by atoms with Crippen LogP contribution in [0, 0.1) is 0 Å². The Morgan fingerprint density at radius 3 is 2.56 bits per heavy atom. The molecule has 0 amide bonds. The number of ether oxygens (including phenoxy) is 2. The van der Waals surface area contributed by atoms with Gasteiger partial charge >= 0.3 is 6.61 Å². The predicted octanol–water partition coefficient (Wildman–Crippen LogP) is 3.18. The molecule has 0 heterocycles. The fraction of sp³-hybridized carbons (Fsp3) is 0.538. The number of hydrogen-bond acceptors (Lipinski definition) is 3. The van der Waals surface area contributed by atoms with E-state index in [-0.39, 0.29) is 5.75 Å². The zero-order valence-electron chi connectivity index (χ0n) is 10.9. The predicted molar refractivity (Wildman–Crippen MR) is 66.2 cm³/mol. The fourth-order valence-corrected chi connectivity index (χ4v) is 1.46. The van der Waals surface area contributed by atoms with Gasteiger partial charge in [0.05, 0.1) is 7.11 Å². The molecule has 0 aromatic heterocycles. The Bertz CT molecular complexity index is 372. The van der Waals surface area contributed by atoms with E-state index in [4.69, 9.17) is 4.74 Å². The molecule has 1 atom stereocenters. The first-order chi connectivity index (χ1) is 8.56. The van der Waals surface area contributed by atoms with Crippen LogP contribution in [0.3, 0.4) is 0 Å². The molecule has 0 spiro atoms. The van der Waals surface area contributed by atoms with Crippen molar-refractivity contribution in [2.75, 3.05) is 7.11 Å². The van der Waals surface area contributed by atoms with Crippen LogP contribution in [0.5, 0.6) is 11.5 Å². The number of methoxy groups -OCH3 is 1. The first kappa shape index (κ1) is 14.7. The molecule has 102 valence electrons. The standard InChI is InChI=1S/C13H19F2NO2/c1-4-9(2)16-8-10-5-6-11(17-3)12(7-10)18-13(14)15/h5-7,9,13,16H,4,8H2,1-3H3. The second-order valence-corrected chi connectivity index (χ2v) is 4.05. The number of benzene rings is 1. The summed E-state index contributed by atoms with van der Waals surface area (Å²) in [6.45, 7) is 1.91. The molecule has 1 N–H and O–H groups in total. The van der Waals surface area contributed by atoms with Crippen LogP contribution in [-0.4, -0.2) is 19.8 Å². The summed E-state index contributed by atoms with van der Waals surface area (Å²) in [5.41, 5.74) is 0.881. The van der Waals surface area contributed by atoms with E-state index in [1.165, 1.54) is 7.11 Å². The van der Waals surface area contributed by atoms with Gasteiger partial charge in [-0.25, -0.2) is 0 Å². The molecule has 18 heavy (non-hydrogen) atoms. The van der Waals surface area contributed by atoms with Crippen molar-refractivity contribution < 1.29 is 18.3 Å². The van der Waals surface area contributed by atoms with Gasteiger partial charge in [0.2, 0.25) is 0 Å². The Labute approximate surface area is 106 Å². The highest BCUT2D eigenvalue weighted by molar-refractivity contribution is 5.42. The maximum absolute atomic E-state index is 12.2. The van der Waals surface area contributed by atoms with Crippen molar-refractivity contribution in [3.8, 4) is 11.5 Å². The second kappa shape index (κ2) is 7.16. The lowest BCUT2D eigenvalue weighted by Crippen LogP contribution is -2.24. The molecule has 0 saturated carbocycles. The maximum atomic E-state index is 12.2. The molecule has 0 aliphatic rings. The molecular formula is C13H19F2NO2. The van der Waals surface area contributed by atoms with Gasteiger partial charge in [0.1, 0.15) is 0 Å². The Morgan fingerprint density at radius 2 is 2.00 bits per heavy atom. The summed E-state index contributed by atoms with van der Waals surface area (Å²) in [5.74, 6) is 0.374. The first-order valence-corrected chi connectivity index (χ1v) is 5.92. The van der Waals surface area contributed by atoms with E-state index >= 15 is 0 Å². The van der Waals surface area contributed by atoms with Gasteiger partial charge in [-0.15, -0.1) is 0 Å². The molecule has 0 saturated heterocycles. The Kier molecular flexibility index (Phi) is 5.85. The molecule has 0 aliphatic heterocycles. The van der Waals surface area contributed by atoms with Crippen LogP contribution in [0.4, 0.5) is 8.78 Å². The summed E-state index contributed by atoms with van der Waals surface area (Å²) in [5, 5.41) is 3.28. The number of alkyl halides is 2. The van der Waals surface area contributed by atoms with Crippen LogP contribution in [0.1, 0.15) is 25.8 Å². The van der Waals surface area contributed by atoms with Crippen LogP contribution in [0.25, 0.3) is 0 Å². The SMILES string of the molecule is CCC(C)NCc1ccc(OC)c(OC(F)F)c1. The topological polar surface area (TPSA) is 30.5 Å². The lowest BCUT2D eigenvalue weighted by molar-refractivity contribution is -0.0512. The fourth-order valence-electron chi connectivity index (χ4n) is 1.46. The van der Waals surface area contributed by atoms with E-state index in [0.717, 1.165) is 12.0 Å². The minimum Gasteiger partial charge on any atom is -0.493 e. The zero-order chi connectivity index (χ0) is 13.5. The van der Waals surface area contributed by atoms with Gasteiger partial charge in [0.25, 0.3) is 0 Å². The Hall–Kier alpha value is -1.36. The Morgan fingerprint density at radius 1 is 1.28 bits per heavy atom. The lowest BCUT2D eigenvalue weighted by Gasteiger charge is -2.14. The van der Waals surface area contributed by atoms with Gasteiger partial charge in [0.15, 0.2) is 11.5 Å². The van der Waals surface area contributed by atoms with Gasteiger partial charge < -0.3 is 14.8 Å². The Balaban J connectivity index is 2.75. The molecule has 0 aliphatic carbocycles. The number of hydrogen-bond donors (Lipinski definition) is 1. The average Bonchev–Trinajstić information content (AvgIpc) is 2.35. The first-order valence-electron chi connectivity index (χ1n) is 5.92. The van der Waals surface area contributed by atoms with Crippen molar-refractivity contribution in [3.05, 3.63) is 23.8 Å². The summed E-state index contributed by atoms with van der Waals surface area (Å²) >= 11 is 0. The van der Waals surface area contributed by atoms with Gasteiger partial charge in [-0.2, -0.15) is 8.78 Å². The number of rotatable bonds is 7.